The van der Waals surface area contributed by atoms with Crippen LogP contribution in [0.1, 0.15) is 34.7 Å². The number of aryl methyl sites for hydroxylation is 1. The number of fused-ring (bicyclic) bond motifs is 1. The Morgan fingerprint density at radius 2 is 2.04 bits per heavy atom. The number of H-pyrrole nitrogens is 1. The van der Waals surface area contributed by atoms with Crippen LogP contribution in [0, 0.1) is 6.92 Å². The molecule has 25 heavy (non-hydrogen) atoms. The third kappa shape index (κ3) is 4.21. The lowest BCUT2D eigenvalue weighted by molar-refractivity contribution is 0.0938. The fraction of sp³-hybridized carbons (Fsp3) is 0.263. The standard InChI is InChI=1S/C19H21N3O2S/c1-12-3-8-16-17(11-12)22-18(21-16)13(2)20-19(24)14-4-6-15(7-5-14)25-10-9-23/h3-8,11,13,23H,9-10H2,1-2H3,(H,20,24)(H,21,22)/t13-/m0/s1. The number of aromatic nitrogens is 2. The van der Waals surface area contributed by atoms with Gasteiger partial charge in [-0.2, -0.15) is 0 Å². The van der Waals surface area contributed by atoms with Crippen LogP contribution in [0.3, 0.4) is 0 Å². The average Bonchev–Trinajstić information content (AvgIpc) is 3.03. The van der Waals surface area contributed by atoms with Crippen molar-refractivity contribution in [2.24, 2.45) is 0 Å². The molecule has 0 spiro atoms. The first-order valence-corrected chi connectivity index (χ1v) is 9.16. The van der Waals surface area contributed by atoms with E-state index in [2.05, 4.69) is 15.3 Å². The Balaban J connectivity index is 1.68. The number of benzene rings is 2. The first-order valence-electron chi connectivity index (χ1n) is 8.17. The predicted octanol–water partition coefficient (Wildman–Crippen LogP) is 3.45. The molecule has 3 rings (SSSR count). The number of nitrogens with one attached hydrogen (secondary N) is 2. The molecule has 1 amide bonds. The minimum atomic E-state index is -0.219. The minimum Gasteiger partial charge on any atom is -0.396 e. The van der Waals surface area contributed by atoms with Gasteiger partial charge in [-0.1, -0.05) is 6.07 Å². The number of thioether (sulfide) groups is 1. The topological polar surface area (TPSA) is 78.0 Å². The lowest BCUT2D eigenvalue weighted by atomic mass is 10.2. The van der Waals surface area contributed by atoms with Crippen molar-refractivity contribution in [1.82, 2.24) is 15.3 Å². The summed E-state index contributed by atoms with van der Waals surface area (Å²) in [6.45, 7) is 4.09. The summed E-state index contributed by atoms with van der Waals surface area (Å²) < 4.78 is 0. The fourth-order valence-electron chi connectivity index (χ4n) is 2.56. The van der Waals surface area contributed by atoms with Gasteiger partial charge in [-0.25, -0.2) is 4.98 Å². The number of imidazole rings is 1. The fourth-order valence-corrected chi connectivity index (χ4v) is 3.22. The van der Waals surface area contributed by atoms with Crippen LogP contribution < -0.4 is 5.32 Å². The Bertz CT molecular complexity index is 874. The zero-order chi connectivity index (χ0) is 17.8. The van der Waals surface area contributed by atoms with Crippen LogP contribution >= 0.6 is 11.8 Å². The van der Waals surface area contributed by atoms with Gasteiger partial charge in [-0.15, -0.1) is 11.8 Å². The first kappa shape index (κ1) is 17.5. The van der Waals surface area contributed by atoms with Crippen LogP contribution in [-0.2, 0) is 0 Å². The van der Waals surface area contributed by atoms with Gasteiger partial charge in [0.2, 0.25) is 0 Å². The average molecular weight is 355 g/mol. The highest BCUT2D eigenvalue weighted by molar-refractivity contribution is 7.99. The molecule has 5 nitrogen and oxygen atoms in total. The minimum absolute atomic E-state index is 0.136. The molecule has 3 aromatic rings. The highest BCUT2D eigenvalue weighted by Gasteiger charge is 2.15. The van der Waals surface area contributed by atoms with Gasteiger partial charge in [-0.3, -0.25) is 4.79 Å². The first-order chi connectivity index (χ1) is 12.1. The number of carbonyl (C=O) groups is 1. The summed E-state index contributed by atoms with van der Waals surface area (Å²) in [7, 11) is 0. The summed E-state index contributed by atoms with van der Waals surface area (Å²) in [6.07, 6.45) is 0. The lowest BCUT2D eigenvalue weighted by Crippen LogP contribution is -2.27. The van der Waals surface area contributed by atoms with Crippen LogP contribution in [0.2, 0.25) is 0 Å². The van der Waals surface area contributed by atoms with Crippen molar-refractivity contribution in [3.8, 4) is 0 Å². The summed E-state index contributed by atoms with van der Waals surface area (Å²) in [4.78, 5) is 21.3. The smallest absolute Gasteiger partial charge is 0.251 e. The van der Waals surface area contributed by atoms with E-state index < -0.39 is 0 Å². The van der Waals surface area contributed by atoms with Crippen LogP contribution in [0.25, 0.3) is 11.0 Å². The van der Waals surface area contributed by atoms with Crippen LogP contribution in [0.15, 0.2) is 47.4 Å². The second-order valence-electron chi connectivity index (χ2n) is 5.93. The second kappa shape index (κ2) is 7.72. The maximum absolute atomic E-state index is 12.4. The van der Waals surface area contributed by atoms with E-state index in [0.717, 1.165) is 21.8 Å². The van der Waals surface area contributed by atoms with Gasteiger partial charge in [0.25, 0.3) is 5.91 Å². The van der Waals surface area contributed by atoms with Crippen molar-refractivity contribution in [3.63, 3.8) is 0 Å². The van der Waals surface area contributed by atoms with Crippen molar-refractivity contribution >= 4 is 28.7 Å². The van der Waals surface area contributed by atoms with E-state index in [-0.39, 0.29) is 18.6 Å². The van der Waals surface area contributed by atoms with Crippen molar-refractivity contribution in [3.05, 3.63) is 59.4 Å². The third-order valence-electron chi connectivity index (χ3n) is 3.89. The van der Waals surface area contributed by atoms with Gasteiger partial charge in [-0.05, 0) is 55.8 Å². The van der Waals surface area contributed by atoms with Crippen molar-refractivity contribution < 1.29 is 9.90 Å². The van der Waals surface area contributed by atoms with E-state index in [1.165, 1.54) is 5.56 Å². The highest BCUT2D eigenvalue weighted by atomic mass is 32.2. The maximum Gasteiger partial charge on any atom is 0.251 e. The van der Waals surface area contributed by atoms with E-state index in [1.54, 1.807) is 23.9 Å². The Hall–Kier alpha value is -2.31. The number of hydrogen-bond acceptors (Lipinski definition) is 4. The van der Waals surface area contributed by atoms with Crippen molar-refractivity contribution in [1.29, 1.82) is 0 Å². The van der Waals surface area contributed by atoms with Crippen LogP contribution in [0.5, 0.6) is 0 Å². The largest absolute Gasteiger partial charge is 0.396 e. The lowest BCUT2D eigenvalue weighted by Gasteiger charge is -2.11. The zero-order valence-electron chi connectivity index (χ0n) is 14.2. The van der Waals surface area contributed by atoms with E-state index in [0.29, 0.717) is 11.3 Å². The summed E-state index contributed by atoms with van der Waals surface area (Å²) in [6, 6.07) is 13.2. The SMILES string of the molecule is Cc1ccc2nc([C@H](C)NC(=O)c3ccc(SCCO)cc3)[nH]c2c1. The molecule has 1 aromatic heterocycles. The summed E-state index contributed by atoms with van der Waals surface area (Å²) in [5, 5.41) is 11.8. The molecule has 0 unspecified atom stereocenters. The Morgan fingerprint density at radius 3 is 2.76 bits per heavy atom. The number of amides is 1. The molecular weight excluding hydrogens is 334 g/mol. The summed E-state index contributed by atoms with van der Waals surface area (Å²) in [5.41, 5.74) is 3.64. The van der Waals surface area contributed by atoms with E-state index in [1.807, 2.05) is 44.2 Å². The normalized spacial score (nSPS) is 12.3. The molecule has 0 saturated carbocycles. The molecule has 1 atom stereocenters. The van der Waals surface area contributed by atoms with E-state index in [9.17, 15) is 4.79 Å². The number of hydrogen-bond donors (Lipinski definition) is 3. The van der Waals surface area contributed by atoms with Crippen molar-refractivity contribution in [2.45, 2.75) is 24.8 Å². The number of aliphatic hydroxyl groups excluding tert-OH is 1. The number of aromatic amines is 1. The molecule has 3 N–H and O–H groups in total. The van der Waals surface area contributed by atoms with Crippen molar-refractivity contribution in [2.75, 3.05) is 12.4 Å². The molecule has 0 saturated heterocycles. The Kier molecular flexibility index (Phi) is 5.40. The Morgan fingerprint density at radius 1 is 1.28 bits per heavy atom. The second-order valence-corrected chi connectivity index (χ2v) is 7.10. The molecule has 6 heteroatoms. The summed E-state index contributed by atoms with van der Waals surface area (Å²) in [5.74, 6) is 1.25. The van der Waals surface area contributed by atoms with Crippen LogP contribution in [0.4, 0.5) is 0 Å². The van der Waals surface area contributed by atoms with Gasteiger partial charge >= 0.3 is 0 Å². The molecule has 1 heterocycles. The quantitative estimate of drug-likeness (QED) is 0.592. The monoisotopic (exact) mass is 355 g/mol. The van der Waals surface area contributed by atoms with E-state index >= 15 is 0 Å². The van der Waals surface area contributed by atoms with Crippen LogP contribution in [-0.4, -0.2) is 33.3 Å². The molecule has 0 aliphatic carbocycles. The number of aliphatic hydroxyl groups is 1. The Labute approximate surface area is 150 Å². The van der Waals surface area contributed by atoms with Gasteiger partial charge in [0, 0.05) is 16.2 Å². The van der Waals surface area contributed by atoms with E-state index in [4.69, 9.17) is 5.11 Å². The molecule has 0 bridgehead atoms. The van der Waals surface area contributed by atoms with Gasteiger partial charge in [0.15, 0.2) is 0 Å². The molecule has 2 aromatic carbocycles. The molecule has 0 fully saturated rings. The molecular formula is C19H21N3O2S. The number of carbonyl (C=O) groups excluding carboxylic acids is 1. The molecule has 130 valence electrons. The molecule has 0 radical (unpaired) electrons. The number of nitrogens with zero attached hydrogens (tertiary/aromatic N) is 1. The zero-order valence-corrected chi connectivity index (χ0v) is 15.1. The maximum atomic E-state index is 12.4. The van der Waals surface area contributed by atoms with Gasteiger partial charge < -0.3 is 15.4 Å². The predicted molar refractivity (Wildman–Crippen MR) is 101 cm³/mol. The highest BCUT2D eigenvalue weighted by Crippen LogP contribution is 2.19. The number of rotatable bonds is 6. The molecule has 0 aliphatic rings. The summed E-state index contributed by atoms with van der Waals surface area (Å²) >= 11 is 1.56. The molecule has 0 aliphatic heterocycles. The van der Waals surface area contributed by atoms with Gasteiger partial charge in [0.1, 0.15) is 5.82 Å². The third-order valence-corrected chi connectivity index (χ3v) is 4.88. The van der Waals surface area contributed by atoms with Gasteiger partial charge in [0.05, 0.1) is 23.7 Å².